The molecule has 4 aromatic rings. The van der Waals surface area contributed by atoms with Crippen molar-refractivity contribution in [1.82, 2.24) is 29.3 Å². The topological polar surface area (TPSA) is 102 Å². The SMILES string of the molecule is CCCn1c(-c2cnn(CC3CC(=O)N(c4ccc(F)cc4F)C3)c2)nc2nc(Cl)[nH]c(=O)c21. The molecule has 1 aliphatic heterocycles. The number of fused-ring (bicyclic) bond motifs is 1. The molecule has 1 aliphatic rings. The van der Waals surface area contributed by atoms with Gasteiger partial charge in [0.15, 0.2) is 11.2 Å². The standard InChI is InChI=1S/C22H20ClF2N7O2/c1-2-5-31-18-19(28-22(23)29-21(18)34)27-20(31)13-8-26-30(11-13)9-12-6-17(33)32(10-12)16-4-3-14(24)7-15(16)25/h3-4,7-8,11-12H,2,5-6,9-10H2,1H3,(H,28,29,34). The molecule has 0 spiro atoms. The number of imidazole rings is 1. The highest BCUT2D eigenvalue weighted by Gasteiger charge is 2.32. The lowest BCUT2D eigenvalue weighted by Crippen LogP contribution is -2.26. The molecule has 0 saturated carbocycles. The number of hydrogen-bond donors (Lipinski definition) is 1. The van der Waals surface area contributed by atoms with Gasteiger partial charge in [0.05, 0.1) is 17.4 Å². The van der Waals surface area contributed by atoms with Crippen molar-refractivity contribution in [2.75, 3.05) is 11.4 Å². The molecule has 1 amide bonds. The molecule has 4 heterocycles. The van der Waals surface area contributed by atoms with Crippen molar-refractivity contribution in [3.63, 3.8) is 0 Å². The Bertz CT molecular complexity index is 1460. The van der Waals surface area contributed by atoms with E-state index in [0.29, 0.717) is 36.5 Å². The lowest BCUT2D eigenvalue weighted by molar-refractivity contribution is -0.117. The summed E-state index contributed by atoms with van der Waals surface area (Å²) in [5, 5.41) is 4.36. The fourth-order valence-electron chi connectivity index (χ4n) is 4.36. The summed E-state index contributed by atoms with van der Waals surface area (Å²) in [6, 6.07) is 3.18. The quantitative estimate of drug-likeness (QED) is 0.420. The Morgan fingerprint density at radius 2 is 2.06 bits per heavy atom. The van der Waals surface area contributed by atoms with Gasteiger partial charge in [0.25, 0.3) is 5.56 Å². The Balaban J connectivity index is 1.39. The molecule has 1 saturated heterocycles. The van der Waals surface area contributed by atoms with Crippen molar-refractivity contribution in [1.29, 1.82) is 0 Å². The van der Waals surface area contributed by atoms with E-state index in [1.165, 1.54) is 11.0 Å². The summed E-state index contributed by atoms with van der Waals surface area (Å²) in [5.41, 5.74) is 0.982. The third kappa shape index (κ3) is 3.96. The van der Waals surface area contributed by atoms with Crippen LogP contribution in [0.15, 0.2) is 35.4 Å². The second-order valence-corrected chi connectivity index (χ2v) is 8.60. The summed E-state index contributed by atoms with van der Waals surface area (Å²) in [4.78, 5) is 37.4. The van der Waals surface area contributed by atoms with E-state index < -0.39 is 11.6 Å². The average molecular weight is 488 g/mol. The van der Waals surface area contributed by atoms with Gasteiger partial charge in [-0.25, -0.2) is 13.8 Å². The van der Waals surface area contributed by atoms with E-state index in [1.807, 2.05) is 6.92 Å². The third-order valence-corrected chi connectivity index (χ3v) is 5.95. The molecule has 1 N–H and O–H groups in total. The van der Waals surface area contributed by atoms with Crippen LogP contribution in [0.1, 0.15) is 19.8 Å². The number of nitrogens with one attached hydrogen (secondary N) is 1. The molecule has 176 valence electrons. The zero-order valence-electron chi connectivity index (χ0n) is 18.1. The van der Waals surface area contributed by atoms with Crippen LogP contribution in [0.2, 0.25) is 5.28 Å². The molecular formula is C22H20ClF2N7O2. The Labute approximate surface area is 197 Å². The number of aromatic nitrogens is 6. The van der Waals surface area contributed by atoms with Crippen molar-refractivity contribution in [3.05, 3.63) is 57.9 Å². The van der Waals surface area contributed by atoms with Crippen molar-refractivity contribution in [2.24, 2.45) is 5.92 Å². The monoisotopic (exact) mass is 487 g/mol. The van der Waals surface area contributed by atoms with Crippen LogP contribution in [0.5, 0.6) is 0 Å². The molecular weight excluding hydrogens is 468 g/mol. The number of aryl methyl sites for hydroxylation is 1. The first-order chi connectivity index (χ1) is 16.3. The number of halogens is 3. The van der Waals surface area contributed by atoms with Crippen molar-refractivity contribution < 1.29 is 13.6 Å². The second kappa shape index (κ2) is 8.64. The summed E-state index contributed by atoms with van der Waals surface area (Å²) in [6.07, 6.45) is 4.42. The molecule has 1 unspecified atom stereocenters. The van der Waals surface area contributed by atoms with Crippen LogP contribution in [0, 0.1) is 17.6 Å². The van der Waals surface area contributed by atoms with Crippen molar-refractivity contribution in [2.45, 2.75) is 32.9 Å². The fourth-order valence-corrected chi connectivity index (χ4v) is 4.52. The molecule has 1 aromatic carbocycles. The molecule has 3 aromatic heterocycles. The number of anilines is 1. The number of aromatic amines is 1. The van der Waals surface area contributed by atoms with Crippen LogP contribution in [0.25, 0.3) is 22.6 Å². The lowest BCUT2D eigenvalue weighted by Gasteiger charge is -2.17. The average Bonchev–Trinajstić information content (AvgIpc) is 3.46. The maximum absolute atomic E-state index is 14.2. The predicted molar refractivity (Wildman–Crippen MR) is 121 cm³/mol. The number of amides is 1. The summed E-state index contributed by atoms with van der Waals surface area (Å²) in [5.74, 6) is -1.26. The molecule has 0 radical (unpaired) electrons. The maximum Gasteiger partial charge on any atom is 0.278 e. The minimum absolute atomic E-state index is 0.0334. The van der Waals surface area contributed by atoms with Gasteiger partial charge >= 0.3 is 0 Å². The summed E-state index contributed by atoms with van der Waals surface area (Å²) < 4.78 is 30.9. The van der Waals surface area contributed by atoms with Crippen LogP contribution in [0.3, 0.4) is 0 Å². The minimum atomic E-state index is -0.770. The number of nitrogens with zero attached hydrogens (tertiary/aromatic N) is 6. The first-order valence-corrected chi connectivity index (χ1v) is 11.2. The van der Waals surface area contributed by atoms with Crippen LogP contribution in [0.4, 0.5) is 14.5 Å². The van der Waals surface area contributed by atoms with Gasteiger partial charge < -0.3 is 9.47 Å². The van der Waals surface area contributed by atoms with Crippen molar-refractivity contribution >= 4 is 34.4 Å². The number of H-pyrrole nitrogens is 1. The smallest absolute Gasteiger partial charge is 0.278 e. The van der Waals surface area contributed by atoms with Crippen LogP contribution >= 0.6 is 11.6 Å². The highest BCUT2D eigenvalue weighted by atomic mass is 35.5. The van der Waals surface area contributed by atoms with E-state index in [2.05, 4.69) is 20.1 Å². The van der Waals surface area contributed by atoms with Crippen molar-refractivity contribution in [3.8, 4) is 11.4 Å². The van der Waals surface area contributed by atoms with Gasteiger partial charge in [0.2, 0.25) is 11.2 Å². The van der Waals surface area contributed by atoms with E-state index in [4.69, 9.17) is 11.6 Å². The Kier molecular flexibility index (Phi) is 5.64. The molecule has 12 heteroatoms. The van der Waals surface area contributed by atoms with Crippen LogP contribution in [-0.4, -0.2) is 41.8 Å². The summed E-state index contributed by atoms with van der Waals surface area (Å²) in [7, 11) is 0. The Morgan fingerprint density at radius 1 is 1.24 bits per heavy atom. The highest BCUT2D eigenvalue weighted by molar-refractivity contribution is 6.28. The van der Waals surface area contributed by atoms with Gasteiger partial charge in [-0.1, -0.05) is 6.92 Å². The number of carbonyl (C=O) groups excluding carboxylic acids is 1. The minimum Gasteiger partial charge on any atom is -0.318 e. The second-order valence-electron chi connectivity index (χ2n) is 8.24. The molecule has 0 aliphatic carbocycles. The van der Waals surface area contributed by atoms with E-state index >= 15 is 0 Å². The summed E-state index contributed by atoms with van der Waals surface area (Å²) >= 11 is 5.89. The first-order valence-electron chi connectivity index (χ1n) is 10.8. The number of carbonyl (C=O) groups is 1. The third-order valence-electron chi connectivity index (χ3n) is 5.77. The van der Waals surface area contributed by atoms with Crippen LogP contribution < -0.4 is 10.5 Å². The van der Waals surface area contributed by atoms with E-state index in [9.17, 15) is 18.4 Å². The van der Waals surface area contributed by atoms with E-state index in [-0.39, 0.29) is 40.4 Å². The van der Waals surface area contributed by atoms with E-state index in [1.54, 1.807) is 21.6 Å². The highest BCUT2D eigenvalue weighted by Crippen LogP contribution is 2.29. The van der Waals surface area contributed by atoms with Gasteiger partial charge in [0.1, 0.15) is 17.5 Å². The molecule has 5 rings (SSSR count). The lowest BCUT2D eigenvalue weighted by atomic mass is 10.1. The zero-order valence-corrected chi connectivity index (χ0v) is 18.9. The first kappa shape index (κ1) is 22.2. The normalized spacial score (nSPS) is 16.2. The Morgan fingerprint density at radius 3 is 2.82 bits per heavy atom. The van der Waals surface area contributed by atoms with Gasteiger partial charge in [-0.3, -0.25) is 19.3 Å². The molecule has 0 bridgehead atoms. The Hall–Kier alpha value is -3.60. The van der Waals surface area contributed by atoms with Gasteiger partial charge in [-0.15, -0.1) is 0 Å². The largest absolute Gasteiger partial charge is 0.318 e. The molecule has 9 nitrogen and oxygen atoms in total. The number of rotatable bonds is 6. The maximum atomic E-state index is 14.2. The summed E-state index contributed by atoms with van der Waals surface area (Å²) in [6.45, 7) is 3.26. The number of benzene rings is 1. The van der Waals surface area contributed by atoms with E-state index in [0.717, 1.165) is 18.6 Å². The van der Waals surface area contributed by atoms with Crippen LogP contribution in [-0.2, 0) is 17.9 Å². The van der Waals surface area contributed by atoms with Gasteiger partial charge in [0, 0.05) is 44.2 Å². The van der Waals surface area contributed by atoms with Gasteiger partial charge in [-0.2, -0.15) is 10.1 Å². The van der Waals surface area contributed by atoms with Gasteiger partial charge in [-0.05, 0) is 30.2 Å². The fraction of sp³-hybridized carbons (Fsp3) is 0.318. The molecule has 34 heavy (non-hydrogen) atoms. The number of hydrogen-bond acceptors (Lipinski definition) is 5. The predicted octanol–water partition coefficient (Wildman–Crippen LogP) is 3.38. The zero-order chi connectivity index (χ0) is 24.0. The molecule has 1 atom stereocenters. The molecule has 1 fully saturated rings.